The summed E-state index contributed by atoms with van der Waals surface area (Å²) in [4.78, 5) is 14.2. The number of urea groups is 1. The third-order valence-corrected chi connectivity index (χ3v) is 4.19. The number of amides is 2. The molecule has 2 unspecified atom stereocenters. The summed E-state index contributed by atoms with van der Waals surface area (Å²) in [5.41, 5.74) is -0.444. The van der Waals surface area contributed by atoms with Crippen molar-refractivity contribution in [3.05, 3.63) is 18.0 Å². The Morgan fingerprint density at radius 2 is 2.27 bits per heavy atom. The molecule has 0 spiro atoms. The van der Waals surface area contributed by atoms with Crippen LogP contribution in [0, 0.1) is 5.92 Å². The molecule has 0 aromatic carbocycles. The molecule has 1 aliphatic heterocycles. The first kappa shape index (κ1) is 16.8. The molecule has 1 aromatic rings. The second-order valence-corrected chi connectivity index (χ2v) is 6.51. The average Bonchev–Trinajstić information content (AvgIpc) is 2.91. The largest absolute Gasteiger partial charge is 0.383 e. The Balaban J connectivity index is 1.73. The third-order valence-electron chi connectivity index (χ3n) is 4.19. The fourth-order valence-electron chi connectivity index (χ4n) is 2.79. The topological polar surface area (TPSA) is 82.4 Å². The lowest BCUT2D eigenvalue weighted by molar-refractivity contribution is 0.0592. The molecule has 1 saturated heterocycles. The summed E-state index contributed by atoms with van der Waals surface area (Å²) in [6.07, 6.45) is 5.69. The molecule has 1 aromatic heterocycles. The van der Waals surface area contributed by atoms with Gasteiger partial charge in [-0.15, -0.1) is 0 Å². The Morgan fingerprint density at radius 1 is 1.50 bits per heavy atom. The predicted octanol–water partition coefficient (Wildman–Crippen LogP) is 0.269. The second-order valence-electron chi connectivity index (χ2n) is 6.51. The Hall–Kier alpha value is -1.60. The summed E-state index contributed by atoms with van der Waals surface area (Å²) in [5.74, 6) is 0.503. The predicted molar refractivity (Wildman–Crippen MR) is 84.4 cm³/mol. The van der Waals surface area contributed by atoms with E-state index in [1.54, 1.807) is 31.0 Å². The third kappa shape index (κ3) is 4.71. The molecular formula is C15H27N5O2. The number of carbonyl (C=O) groups excluding carboxylic acids is 1. The maximum absolute atomic E-state index is 11.9. The van der Waals surface area contributed by atoms with E-state index in [-0.39, 0.29) is 12.6 Å². The van der Waals surface area contributed by atoms with Crippen LogP contribution in [0.2, 0.25) is 0 Å². The van der Waals surface area contributed by atoms with E-state index in [4.69, 9.17) is 0 Å². The van der Waals surface area contributed by atoms with Crippen molar-refractivity contribution in [3.8, 4) is 0 Å². The molecular weight excluding hydrogens is 282 g/mol. The highest BCUT2D eigenvalue weighted by atomic mass is 16.3. The molecule has 1 fully saturated rings. The van der Waals surface area contributed by atoms with Gasteiger partial charge in [-0.1, -0.05) is 0 Å². The van der Waals surface area contributed by atoms with Gasteiger partial charge in [0.15, 0.2) is 0 Å². The quantitative estimate of drug-likeness (QED) is 0.729. The number of nitrogens with one attached hydrogen (secondary N) is 2. The van der Waals surface area contributed by atoms with Gasteiger partial charge in [0.1, 0.15) is 5.60 Å². The first-order chi connectivity index (χ1) is 10.4. The standard InChI is InChI=1S/C15H27N5O2/c1-15(22,13-8-18-20(3)10-13)11-17-14(21)16-7-12-5-4-6-19(2)9-12/h8,10,12,22H,4-7,9,11H2,1-3H3,(H2,16,17,21). The zero-order chi connectivity index (χ0) is 16.2. The van der Waals surface area contributed by atoms with Crippen LogP contribution in [0.1, 0.15) is 25.3 Å². The Bertz CT molecular complexity index is 500. The minimum absolute atomic E-state index is 0.148. The van der Waals surface area contributed by atoms with Gasteiger partial charge in [0.2, 0.25) is 0 Å². The van der Waals surface area contributed by atoms with Crippen molar-refractivity contribution in [2.24, 2.45) is 13.0 Å². The van der Waals surface area contributed by atoms with Crippen LogP contribution in [-0.2, 0) is 12.6 Å². The van der Waals surface area contributed by atoms with Gasteiger partial charge in [0.25, 0.3) is 0 Å². The highest BCUT2D eigenvalue weighted by molar-refractivity contribution is 5.73. The van der Waals surface area contributed by atoms with Gasteiger partial charge in [-0.05, 0) is 39.3 Å². The van der Waals surface area contributed by atoms with Gasteiger partial charge in [0.05, 0.1) is 12.7 Å². The monoisotopic (exact) mass is 309 g/mol. The smallest absolute Gasteiger partial charge is 0.314 e. The van der Waals surface area contributed by atoms with Gasteiger partial charge < -0.3 is 20.6 Å². The summed E-state index contributed by atoms with van der Waals surface area (Å²) in [5, 5.41) is 20.1. The molecule has 124 valence electrons. The highest BCUT2D eigenvalue weighted by Crippen LogP contribution is 2.18. The molecule has 0 bridgehead atoms. The number of aliphatic hydroxyl groups is 1. The van der Waals surface area contributed by atoms with Crippen molar-refractivity contribution in [1.82, 2.24) is 25.3 Å². The molecule has 2 amide bonds. The Morgan fingerprint density at radius 3 is 2.91 bits per heavy atom. The highest BCUT2D eigenvalue weighted by Gasteiger charge is 2.25. The SMILES string of the molecule is CN1CCCC(CNC(=O)NCC(C)(O)c2cnn(C)c2)C1. The van der Waals surface area contributed by atoms with Crippen LogP contribution < -0.4 is 10.6 Å². The van der Waals surface area contributed by atoms with Crippen LogP contribution >= 0.6 is 0 Å². The van der Waals surface area contributed by atoms with Gasteiger partial charge in [-0.3, -0.25) is 4.68 Å². The number of rotatable bonds is 5. The molecule has 3 N–H and O–H groups in total. The lowest BCUT2D eigenvalue weighted by Gasteiger charge is -2.30. The molecule has 22 heavy (non-hydrogen) atoms. The van der Waals surface area contributed by atoms with Gasteiger partial charge >= 0.3 is 6.03 Å². The van der Waals surface area contributed by atoms with E-state index in [1.807, 2.05) is 0 Å². The number of aromatic nitrogens is 2. The maximum Gasteiger partial charge on any atom is 0.314 e. The van der Waals surface area contributed by atoms with E-state index < -0.39 is 5.60 Å². The van der Waals surface area contributed by atoms with Crippen molar-refractivity contribution in [1.29, 1.82) is 0 Å². The zero-order valence-corrected chi connectivity index (χ0v) is 13.7. The fourth-order valence-corrected chi connectivity index (χ4v) is 2.79. The van der Waals surface area contributed by atoms with Gasteiger partial charge in [0, 0.05) is 31.9 Å². The first-order valence-electron chi connectivity index (χ1n) is 7.78. The van der Waals surface area contributed by atoms with Crippen molar-refractivity contribution in [3.63, 3.8) is 0 Å². The van der Waals surface area contributed by atoms with Crippen LogP contribution in [0.5, 0.6) is 0 Å². The lowest BCUT2D eigenvalue weighted by atomic mass is 9.98. The molecule has 0 aliphatic carbocycles. The summed E-state index contributed by atoms with van der Waals surface area (Å²) in [6.45, 7) is 4.64. The van der Waals surface area contributed by atoms with Crippen LogP contribution in [0.4, 0.5) is 4.79 Å². The van der Waals surface area contributed by atoms with Crippen LogP contribution in [-0.4, -0.2) is 59.0 Å². The van der Waals surface area contributed by atoms with Crippen molar-refractivity contribution < 1.29 is 9.90 Å². The fraction of sp³-hybridized carbons (Fsp3) is 0.733. The average molecular weight is 309 g/mol. The first-order valence-corrected chi connectivity index (χ1v) is 7.78. The van der Waals surface area contributed by atoms with E-state index in [9.17, 15) is 9.90 Å². The van der Waals surface area contributed by atoms with E-state index in [1.165, 1.54) is 6.42 Å². The minimum Gasteiger partial charge on any atom is -0.383 e. The van der Waals surface area contributed by atoms with Crippen molar-refractivity contribution in [2.45, 2.75) is 25.4 Å². The number of hydrogen-bond donors (Lipinski definition) is 3. The molecule has 2 atom stereocenters. The number of likely N-dealkylation sites (tertiary alicyclic amines) is 1. The number of piperidine rings is 1. The van der Waals surface area contributed by atoms with Crippen LogP contribution in [0.3, 0.4) is 0 Å². The zero-order valence-electron chi connectivity index (χ0n) is 13.7. The minimum atomic E-state index is -1.13. The summed E-state index contributed by atoms with van der Waals surface area (Å²) in [7, 11) is 3.90. The van der Waals surface area contributed by atoms with E-state index >= 15 is 0 Å². The van der Waals surface area contributed by atoms with Gasteiger partial charge in [-0.25, -0.2) is 4.79 Å². The van der Waals surface area contributed by atoms with Crippen LogP contribution in [0.25, 0.3) is 0 Å². The van der Waals surface area contributed by atoms with Crippen molar-refractivity contribution >= 4 is 6.03 Å². The van der Waals surface area contributed by atoms with Gasteiger partial charge in [-0.2, -0.15) is 5.10 Å². The normalized spacial score (nSPS) is 22.1. The maximum atomic E-state index is 11.9. The van der Waals surface area contributed by atoms with Crippen molar-refractivity contribution in [2.75, 3.05) is 33.2 Å². The van der Waals surface area contributed by atoms with E-state index in [0.29, 0.717) is 18.0 Å². The molecule has 7 heteroatoms. The molecule has 7 nitrogen and oxygen atoms in total. The van der Waals surface area contributed by atoms with E-state index in [0.717, 1.165) is 19.5 Å². The molecule has 0 saturated carbocycles. The Labute approximate surface area is 131 Å². The Kier molecular flexibility index (Phi) is 5.42. The number of carbonyl (C=O) groups is 1. The molecule has 0 radical (unpaired) electrons. The summed E-state index contributed by atoms with van der Waals surface area (Å²) >= 11 is 0. The van der Waals surface area contributed by atoms with Crippen LogP contribution in [0.15, 0.2) is 12.4 Å². The summed E-state index contributed by atoms with van der Waals surface area (Å²) in [6, 6.07) is -0.239. The lowest BCUT2D eigenvalue weighted by Crippen LogP contribution is -2.46. The van der Waals surface area contributed by atoms with E-state index in [2.05, 4.69) is 27.7 Å². The number of hydrogen-bond acceptors (Lipinski definition) is 4. The number of nitrogens with zero attached hydrogens (tertiary/aromatic N) is 3. The summed E-state index contributed by atoms with van der Waals surface area (Å²) < 4.78 is 1.63. The molecule has 2 heterocycles. The number of aryl methyl sites for hydroxylation is 1. The second kappa shape index (κ2) is 7.11. The molecule has 2 rings (SSSR count). The molecule has 1 aliphatic rings.